The molecule has 0 fully saturated rings. The molecule has 1 aliphatic rings. The maximum absolute atomic E-state index is 13.0. The number of aliphatic hydroxyl groups is 1. The molecule has 2 heterocycles. The van der Waals surface area contributed by atoms with Gasteiger partial charge >= 0.3 is 12.4 Å². The van der Waals surface area contributed by atoms with Gasteiger partial charge in [-0.25, -0.2) is 0 Å². The summed E-state index contributed by atoms with van der Waals surface area (Å²) in [6, 6.07) is -1.63. The van der Waals surface area contributed by atoms with Gasteiger partial charge in [0.05, 0.1) is 10.7 Å². The summed E-state index contributed by atoms with van der Waals surface area (Å²) in [6.07, 6.45) is -10.4. The molecule has 0 saturated heterocycles. The van der Waals surface area contributed by atoms with E-state index >= 15 is 0 Å². The van der Waals surface area contributed by atoms with Gasteiger partial charge in [0, 0.05) is 12.6 Å². The van der Waals surface area contributed by atoms with Crippen molar-refractivity contribution in [2.24, 2.45) is 5.10 Å². The normalized spacial score (nSPS) is 22.6. The largest absolute Gasteiger partial charge is 0.438 e. The van der Waals surface area contributed by atoms with E-state index in [0.29, 0.717) is 10.9 Å². The number of alkyl halides is 6. The average Bonchev–Trinajstić information content (AvgIpc) is 2.99. The van der Waals surface area contributed by atoms with E-state index in [1.54, 1.807) is 0 Å². The Hall–Kier alpha value is -1.82. The molecule has 25 heavy (non-hydrogen) atoms. The fourth-order valence-electron chi connectivity index (χ4n) is 2.25. The minimum atomic E-state index is -5.22. The molecule has 1 N–H and O–H groups in total. The number of halogens is 7. The molecule has 1 aromatic heterocycles. The van der Waals surface area contributed by atoms with Gasteiger partial charge in [0.15, 0.2) is 5.69 Å². The van der Waals surface area contributed by atoms with E-state index in [4.69, 9.17) is 11.6 Å². The predicted molar refractivity (Wildman–Crippen MR) is 72.6 cm³/mol. The molecular weight excluding hydrogens is 382 g/mol. The van der Waals surface area contributed by atoms with Crippen LogP contribution in [0.5, 0.6) is 0 Å². The maximum atomic E-state index is 13.0. The Morgan fingerprint density at radius 1 is 1.36 bits per heavy atom. The van der Waals surface area contributed by atoms with E-state index < -0.39 is 47.2 Å². The van der Waals surface area contributed by atoms with Gasteiger partial charge in [-0.15, -0.1) is 0 Å². The fourth-order valence-corrected chi connectivity index (χ4v) is 2.48. The van der Waals surface area contributed by atoms with Crippen LogP contribution in [0.2, 0.25) is 5.02 Å². The maximum Gasteiger partial charge on any atom is 0.438 e. The zero-order valence-electron chi connectivity index (χ0n) is 12.7. The highest BCUT2D eigenvalue weighted by atomic mass is 35.5. The van der Waals surface area contributed by atoms with Crippen LogP contribution < -0.4 is 0 Å². The van der Waals surface area contributed by atoms with E-state index in [9.17, 15) is 36.2 Å². The third kappa shape index (κ3) is 3.08. The number of nitrogens with zero attached hydrogens (tertiary/aromatic N) is 4. The van der Waals surface area contributed by atoms with Crippen molar-refractivity contribution >= 4 is 23.7 Å². The highest BCUT2D eigenvalue weighted by Crippen LogP contribution is 2.40. The smallest absolute Gasteiger partial charge is 0.362 e. The molecule has 0 bridgehead atoms. The summed E-state index contributed by atoms with van der Waals surface area (Å²) in [6.45, 7) is 2.14. The van der Waals surface area contributed by atoms with Crippen LogP contribution in [0, 0.1) is 6.92 Å². The zero-order chi connectivity index (χ0) is 19.4. The van der Waals surface area contributed by atoms with Crippen LogP contribution in [0.15, 0.2) is 5.10 Å². The SMILES string of the molecule is Cc1c(Cl)c(C(F)(F)F)nn1[C@@H](C)C(=O)N1N=CC[C@@]1(O)C(F)(F)F. The van der Waals surface area contributed by atoms with Crippen molar-refractivity contribution in [1.29, 1.82) is 0 Å². The first-order chi connectivity index (χ1) is 11.2. The standard InChI is InChI=1S/C12H11ClF6N4O2/c1-5-7(13)8(11(14,15)16)21-22(5)6(2)9(24)23-10(25,3-4-20-23)12(17,18)19/h4,6,25H,3H2,1-2H3/t6-,10+/m0/s1. The summed E-state index contributed by atoms with van der Waals surface area (Å²) in [5, 5.41) is 15.1. The fraction of sp³-hybridized carbons (Fsp3) is 0.583. The van der Waals surface area contributed by atoms with Crippen LogP contribution in [-0.2, 0) is 11.0 Å². The van der Waals surface area contributed by atoms with Gasteiger partial charge in [-0.2, -0.15) is 41.6 Å². The second kappa shape index (κ2) is 5.87. The lowest BCUT2D eigenvalue weighted by Crippen LogP contribution is -2.57. The van der Waals surface area contributed by atoms with Crippen LogP contribution in [-0.4, -0.2) is 43.9 Å². The molecule has 0 spiro atoms. The summed E-state index contributed by atoms with van der Waals surface area (Å²) in [5.74, 6) is -1.40. The van der Waals surface area contributed by atoms with Crippen molar-refractivity contribution in [2.75, 3.05) is 0 Å². The third-order valence-corrected chi connectivity index (χ3v) is 4.11. The molecule has 0 unspecified atom stereocenters. The van der Waals surface area contributed by atoms with Crippen LogP contribution in [0.1, 0.15) is 30.8 Å². The van der Waals surface area contributed by atoms with Gasteiger partial charge in [0.2, 0.25) is 0 Å². The van der Waals surface area contributed by atoms with Gasteiger partial charge in [-0.3, -0.25) is 9.48 Å². The molecule has 0 aliphatic carbocycles. The van der Waals surface area contributed by atoms with Crippen LogP contribution >= 0.6 is 11.6 Å². The van der Waals surface area contributed by atoms with Crippen molar-refractivity contribution in [3.8, 4) is 0 Å². The molecule has 0 saturated carbocycles. The monoisotopic (exact) mass is 392 g/mol. The highest BCUT2D eigenvalue weighted by Gasteiger charge is 2.62. The van der Waals surface area contributed by atoms with E-state index in [1.807, 2.05) is 0 Å². The highest BCUT2D eigenvalue weighted by molar-refractivity contribution is 6.32. The Bertz CT molecular complexity index is 728. The summed E-state index contributed by atoms with van der Waals surface area (Å²) in [5.41, 5.74) is -5.31. The summed E-state index contributed by atoms with van der Waals surface area (Å²) in [4.78, 5) is 12.3. The second-order valence-electron chi connectivity index (χ2n) is 5.33. The molecule has 0 radical (unpaired) electrons. The Kier molecular flexibility index (Phi) is 4.58. The van der Waals surface area contributed by atoms with Crippen molar-refractivity contribution in [3.63, 3.8) is 0 Å². The number of hydrogen-bond donors (Lipinski definition) is 1. The van der Waals surface area contributed by atoms with Crippen molar-refractivity contribution in [1.82, 2.24) is 14.8 Å². The van der Waals surface area contributed by atoms with Crippen LogP contribution in [0.4, 0.5) is 26.3 Å². The molecular formula is C12H11ClF6N4O2. The molecule has 140 valence electrons. The van der Waals surface area contributed by atoms with Crippen LogP contribution in [0.3, 0.4) is 0 Å². The Morgan fingerprint density at radius 2 is 1.92 bits per heavy atom. The molecule has 13 heteroatoms. The second-order valence-corrected chi connectivity index (χ2v) is 5.71. The summed E-state index contributed by atoms with van der Waals surface area (Å²) >= 11 is 5.55. The topological polar surface area (TPSA) is 70.7 Å². The molecule has 1 aromatic rings. The Labute approximate surface area is 141 Å². The lowest BCUT2D eigenvalue weighted by molar-refractivity contribution is -0.302. The van der Waals surface area contributed by atoms with Gasteiger partial charge in [-0.1, -0.05) is 11.6 Å². The van der Waals surface area contributed by atoms with Gasteiger partial charge in [0.25, 0.3) is 11.6 Å². The zero-order valence-corrected chi connectivity index (χ0v) is 13.4. The first kappa shape index (κ1) is 19.5. The number of carbonyl (C=O) groups excluding carboxylic acids is 1. The minimum absolute atomic E-state index is 0.208. The van der Waals surface area contributed by atoms with E-state index in [2.05, 4.69) is 10.2 Å². The predicted octanol–water partition coefficient (Wildman–Crippen LogP) is 2.89. The summed E-state index contributed by atoms with van der Waals surface area (Å²) in [7, 11) is 0. The van der Waals surface area contributed by atoms with E-state index in [1.165, 1.54) is 0 Å². The number of amides is 1. The van der Waals surface area contributed by atoms with Gasteiger partial charge < -0.3 is 5.11 Å². The molecule has 0 aromatic carbocycles. The quantitative estimate of drug-likeness (QED) is 0.787. The van der Waals surface area contributed by atoms with E-state index in [-0.39, 0.29) is 10.7 Å². The Balaban J connectivity index is 2.40. The van der Waals surface area contributed by atoms with E-state index in [0.717, 1.165) is 13.8 Å². The number of aromatic nitrogens is 2. The summed E-state index contributed by atoms with van der Waals surface area (Å²) < 4.78 is 78.0. The number of hydrazone groups is 1. The van der Waals surface area contributed by atoms with Crippen molar-refractivity contribution in [3.05, 3.63) is 16.4 Å². The molecule has 6 nitrogen and oxygen atoms in total. The van der Waals surface area contributed by atoms with Crippen molar-refractivity contribution < 1.29 is 36.2 Å². The molecule has 1 amide bonds. The number of hydrogen-bond acceptors (Lipinski definition) is 4. The minimum Gasteiger partial charge on any atom is -0.362 e. The van der Waals surface area contributed by atoms with Gasteiger partial charge in [-0.05, 0) is 13.8 Å². The first-order valence-electron chi connectivity index (χ1n) is 6.69. The Morgan fingerprint density at radius 3 is 2.36 bits per heavy atom. The average molecular weight is 393 g/mol. The molecule has 2 rings (SSSR count). The lowest BCUT2D eigenvalue weighted by Gasteiger charge is -2.34. The van der Waals surface area contributed by atoms with Crippen molar-refractivity contribution in [2.45, 2.75) is 44.4 Å². The third-order valence-electron chi connectivity index (χ3n) is 3.66. The molecule has 2 atom stereocenters. The first-order valence-corrected chi connectivity index (χ1v) is 7.07. The number of carbonyl (C=O) groups is 1. The van der Waals surface area contributed by atoms with Crippen LogP contribution in [0.25, 0.3) is 0 Å². The van der Waals surface area contributed by atoms with Gasteiger partial charge in [0.1, 0.15) is 6.04 Å². The molecule has 1 aliphatic heterocycles. The number of rotatable bonds is 2. The lowest BCUT2D eigenvalue weighted by atomic mass is 10.1.